The van der Waals surface area contributed by atoms with Gasteiger partial charge in [0, 0.05) is 17.3 Å². The van der Waals surface area contributed by atoms with Crippen molar-refractivity contribution >= 4 is 27.3 Å². The largest absolute Gasteiger partial charge is 0.324 e. The molecule has 15 heavy (non-hydrogen) atoms. The third-order valence-corrected chi connectivity index (χ3v) is 4.39. The van der Waals surface area contributed by atoms with Gasteiger partial charge >= 0.3 is 0 Å². The molecular formula is C12H16BrNS. The predicted octanol–water partition coefficient (Wildman–Crippen LogP) is 3.88. The maximum absolute atomic E-state index is 6.00. The molecule has 2 rings (SSSR count). The summed E-state index contributed by atoms with van der Waals surface area (Å²) in [6, 6.07) is 4.61. The van der Waals surface area contributed by atoms with E-state index in [4.69, 9.17) is 5.73 Å². The summed E-state index contributed by atoms with van der Waals surface area (Å²) in [7, 11) is 0. The van der Waals surface area contributed by atoms with E-state index in [0.29, 0.717) is 0 Å². The van der Waals surface area contributed by atoms with Crippen LogP contribution in [0.5, 0.6) is 0 Å². The Labute approximate surface area is 104 Å². The van der Waals surface area contributed by atoms with Gasteiger partial charge in [-0.25, -0.2) is 0 Å². The molecule has 82 valence electrons. The molecule has 0 bridgehead atoms. The van der Waals surface area contributed by atoms with Gasteiger partial charge in [-0.3, -0.25) is 0 Å². The van der Waals surface area contributed by atoms with Crippen molar-refractivity contribution in [2.24, 2.45) is 5.73 Å². The molecule has 0 radical (unpaired) electrons. The first kappa shape index (κ1) is 11.4. The summed E-state index contributed by atoms with van der Waals surface area (Å²) in [6.07, 6.45) is 8.31. The van der Waals surface area contributed by atoms with Crippen molar-refractivity contribution in [2.75, 3.05) is 0 Å². The summed E-state index contributed by atoms with van der Waals surface area (Å²) in [5, 5.41) is 0. The Bertz CT molecular complexity index is 356. The van der Waals surface area contributed by atoms with Crippen LogP contribution in [-0.2, 0) is 6.42 Å². The van der Waals surface area contributed by atoms with E-state index in [1.807, 2.05) is 11.3 Å². The molecule has 0 amide bonds. The van der Waals surface area contributed by atoms with Gasteiger partial charge in [-0.2, -0.15) is 0 Å². The molecule has 0 fully saturated rings. The predicted molar refractivity (Wildman–Crippen MR) is 70.2 cm³/mol. The topological polar surface area (TPSA) is 26.0 Å². The van der Waals surface area contributed by atoms with E-state index in [1.165, 1.54) is 33.5 Å². The van der Waals surface area contributed by atoms with E-state index in [-0.39, 0.29) is 6.04 Å². The first-order valence-electron chi connectivity index (χ1n) is 5.43. The highest BCUT2D eigenvalue weighted by molar-refractivity contribution is 9.11. The molecule has 0 spiro atoms. The van der Waals surface area contributed by atoms with Gasteiger partial charge in [-0.1, -0.05) is 18.1 Å². The highest BCUT2D eigenvalue weighted by Crippen LogP contribution is 2.27. The van der Waals surface area contributed by atoms with E-state index in [1.54, 1.807) is 0 Å². The number of nitrogens with two attached hydrogens (primary N) is 1. The van der Waals surface area contributed by atoms with Gasteiger partial charge in [0.25, 0.3) is 0 Å². The number of allylic oxidation sites excluding steroid dienone is 1. The second-order valence-electron chi connectivity index (χ2n) is 4.12. The third kappa shape index (κ3) is 3.44. The summed E-state index contributed by atoms with van der Waals surface area (Å²) in [6.45, 7) is 0. The fourth-order valence-corrected chi connectivity index (χ4v) is 3.56. The molecule has 1 aromatic rings. The molecule has 1 nitrogen and oxygen atoms in total. The second kappa shape index (κ2) is 5.28. The molecule has 1 aliphatic rings. The van der Waals surface area contributed by atoms with Crippen LogP contribution in [0.4, 0.5) is 0 Å². The van der Waals surface area contributed by atoms with E-state index < -0.39 is 0 Å². The molecule has 2 N–H and O–H groups in total. The van der Waals surface area contributed by atoms with Crippen LogP contribution < -0.4 is 5.73 Å². The summed E-state index contributed by atoms with van der Waals surface area (Å²) < 4.78 is 1.22. The number of thiophene rings is 1. The van der Waals surface area contributed by atoms with Crippen molar-refractivity contribution in [3.63, 3.8) is 0 Å². The molecule has 0 aliphatic heterocycles. The minimum atomic E-state index is 0.283. The third-order valence-electron chi connectivity index (χ3n) is 2.77. The molecule has 0 saturated carbocycles. The molecule has 1 aromatic heterocycles. The molecule has 1 atom stereocenters. The normalized spacial score (nSPS) is 22.3. The van der Waals surface area contributed by atoms with Crippen molar-refractivity contribution in [1.29, 1.82) is 0 Å². The van der Waals surface area contributed by atoms with Crippen LogP contribution in [0.15, 0.2) is 27.6 Å². The fourth-order valence-electron chi connectivity index (χ4n) is 2.02. The lowest BCUT2D eigenvalue weighted by atomic mass is 10.1. The Hall–Kier alpha value is -0.120. The van der Waals surface area contributed by atoms with Crippen LogP contribution in [0.1, 0.15) is 30.6 Å². The Balaban J connectivity index is 2.04. The fraction of sp³-hybridized carbons (Fsp3) is 0.500. The van der Waals surface area contributed by atoms with Gasteiger partial charge in [0.2, 0.25) is 0 Å². The van der Waals surface area contributed by atoms with E-state index in [2.05, 4.69) is 34.1 Å². The lowest BCUT2D eigenvalue weighted by molar-refractivity contribution is 0.654. The van der Waals surface area contributed by atoms with Crippen LogP contribution in [0.2, 0.25) is 0 Å². The van der Waals surface area contributed by atoms with E-state index >= 15 is 0 Å². The summed E-state index contributed by atoms with van der Waals surface area (Å²) in [5.41, 5.74) is 7.52. The monoisotopic (exact) mass is 285 g/mol. The van der Waals surface area contributed by atoms with Gasteiger partial charge < -0.3 is 5.73 Å². The quantitative estimate of drug-likeness (QED) is 0.820. The molecule has 0 saturated heterocycles. The van der Waals surface area contributed by atoms with Crippen LogP contribution in [0.25, 0.3) is 0 Å². The zero-order valence-electron chi connectivity index (χ0n) is 8.71. The average Bonchev–Trinajstić information content (AvgIpc) is 2.46. The van der Waals surface area contributed by atoms with E-state index in [0.717, 1.165) is 12.8 Å². The summed E-state index contributed by atoms with van der Waals surface area (Å²) in [4.78, 5) is 1.43. The van der Waals surface area contributed by atoms with Crippen molar-refractivity contribution in [1.82, 2.24) is 0 Å². The highest BCUT2D eigenvalue weighted by Gasteiger charge is 2.09. The zero-order valence-corrected chi connectivity index (χ0v) is 11.1. The smallest absolute Gasteiger partial charge is 0.0701 e. The zero-order chi connectivity index (χ0) is 10.7. The molecule has 1 unspecified atom stereocenters. The van der Waals surface area contributed by atoms with Gasteiger partial charge in [0.1, 0.15) is 0 Å². The standard InChI is InChI=1S/C12H16BrNS/c13-12-6-5-11(15-12)8-9-3-1-2-4-10(14)7-9/h5-7,10H,1-4,8,14H2. The summed E-state index contributed by atoms with van der Waals surface area (Å²) in [5.74, 6) is 0. The average molecular weight is 286 g/mol. The number of rotatable bonds is 2. The number of halogens is 1. The van der Waals surface area contributed by atoms with E-state index in [9.17, 15) is 0 Å². The summed E-state index contributed by atoms with van der Waals surface area (Å²) >= 11 is 5.32. The van der Waals surface area contributed by atoms with Gasteiger partial charge in [0.15, 0.2) is 0 Å². The highest BCUT2D eigenvalue weighted by atomic mass is 79.9. The van der Waals surface area contributed by atoms with Crippen molar-refractivity contribution in [3.8, 4) is 0 Å². The Morgan fingerprint density at radius 2 is 2.27 bits per heavy atom. The molecule has 1 heterocycles. The maximum atomic E-state index is 6.00. The van der Waals surface area contributed by atoms with Crippen LogP contribution in [0, 0.1) is 0 Å². The van der Waals surface area contributed by atoms with Crippen molar-refractivity contribution < 1.29 is 0 Å². The first-order valence-corrected chi connectivity index (χ1v) is 7.04. The minimum Gasteiger partial charge on any atom is -0.324 e. The first-order chi connectivity index (χ1) is 7.24. The molecule has 3 heteroatoms. The van der Waals surface area contributed by atoms with Gasteiger partial charge in [-0.05, 0) is 47.3 Å². The van der Waals surface area contributed by atoms with Crippen LogP contribution >= 0.6 is 27.3 Å². The maximum Gasteiger partial charge on any atom is 0.0701 e. The lowest BCUT2D eigenvalue weighted by Crippen LogP contribution is -2.15. The Morgan fingerprint density at radius 3 is 3.00 bits per heavy atom. The van der Waals surface area contributed by atoms with Crippen molar-refractivity contribution in [3.05, 3.63) is 32.4 Å². The Kier molecular flexibility index (Phi) is 4.00. The Morgan fingerprint density at radius 1 is 1.40 bits per heavy atom. The van der Waals surface area contributed by atoms with Gasteiger partial charge in [0.05, 0.1) is 3.79 Å². The minimum absolute atomic E-state index is 0.283. The van der Waals surface area contributed by atoms with Crippen molar-refractivity contribution in [2.45, 2.75) is 38.1 Å². The molecular weight excluding hydrogens is 270 g/mol. The van der Waals surface area contributed by atoms with Gasteiger partial charge in [-0.15, -0.1) is 11.3 Å². The van der Waals surface area contributed by atoms with Crippen LogP contribution in [-0.4, -0.2) is 6.04 Å². The second-order valence-corrected chi connectivity index (χ2v) is 6.66. The lowest BCUT2D eigenvalue weighted by Gasteiger charge is -2.04. The SMILES string of the molecule is NC1C=C(Cc2ccc(Br)s2)CCCC1. The number of hydrogen-bond acceptors (Lipinski definition) is 2. The molecule has 0 aromatic carbocycles. The van der Waals surface area contributed by atoms with Crippen LogP contribution in [0.3, 0.4) is 0 Å². The molecule has 1 aliphatic carbocycles. The number of hydrogen-bond donors (Lipinski definition) is 1.